The molecule has 1 aromatic carbocycles. The minimum absolute atomic E-state index is 0.170. The highest BCUT2D eigenvalue weighted by molar-refractivity contribution is 7.89. The number of furan rings is 1. The molecule has 2 N–H and O–H groups in total. The van der Waals surface area contributed by atoms with Gasteiger partial charge in [0.15, 0.2) is 0 Å². The molecule has 2 atom stereocenters. The number of carboxylic acid groups (broad SMARTS) is 1. The monoisotopic (exact) mass is 307 g/mol. The van der Waals surface area contributed by atoms with Crippen LogP contribution >= 0.6 is 0 Å². The summed E-state index contributed by atoms with van der Waals surface area (Å²) in [6.45, 7) is 0. The van der Waals surface area contributed by atoms with E-state index in [-0.39, 0.29) is 11.5 Å². The number of carboxylic acids is 1. The Hall–Kier alpha value is -2.12. The highest BCUT2D eigenvalue weighted by Crippen LogP contribution is 2.24. The molecule has 2 aromatic rings. The van der Waals surface area contributed by atoms with Crippen LogP contribution in [0.1, 0.15) is 6.42 Å². The number of hydrogen-bond donors (Lipinski definition) is 2. The third-order valence-electron chi connectivity index (χ3n) is 3.38. The second-order valence-electron chi connectivity index (χ2n) is 4.90. The highest BCUT2D eigenvalue weighted by Gasteiger charge is 2.29. The molecule has 1 heterocycles. The highest BCUT2D eigenvalue weighted by atomic mass is 32.2. The Bertz CT molecular complexity index is 788. The van der Waals surface area contributed by atoms with Crippen molar-refractivity contribution in [1.82, 2.24) is 4.72 Å². The first-order chi connectivity index (χ1) is 9.95. The molecule has 0 bridgehead atoms. The minimum atomic E-state index is -3.82. The topological polar surface area (TPSA) is 96.6 Å². The van der Waals surface area contributed by atoms with E-state index in [1.54, 1.807) is 30.3 Å². The van der Waals surface area contributed by atoms with E-state index in [1.165, 1.54) is 12.1 Å². The molecule has 1 aliphatic carbocycles. The van der Waals surface area contributed by atoms with Crippen molar-refractivity contribution in [3.05, 3.63) is 42.5 Å². The van der Waals surface area contributed by atoms with E-state index in [1.807, 2.05) is 0 Å². The Labute approximate surface area is 121 Å². The zero-order valence-electron chi connectivity index (χ0n) is 10.9. The molecule has 0 amide bonds. The van der Waals surface area contributed by atoms with Crippen LogP contribution < -0.4 is 4.72 Å². The SMILES string of the molecule is O=C(O)C1C=CC(NS(=O)(=O)c2cc3ccccc3o2)C1. The molecular weight excluding hydrogens is 294 g/mol. The summed E-state index contributed by atoms with van der Waals surface area (Å²) in [6.07, 6.45) is 3.25. The lowest BCUT2D eigenvalue weighted by Gasteiger charge is -2.10. The van der Waals surface area contributed by atoms with Gasteiger partial charge in [-0.15, -0.1) is 0 Å². The van der Waals surface area contributed by atoms with Crippen molar-refractivity contribution in [2.75, 3.05) is 0 Å². The lowest BCUT2D eigenvalue weighted by atomic mass is 10.1. The fraction of sp³-hybridized carbons (Fsp3) is 0.214. The summed E-state index contributed by atoms with van der Waals surface area (Å²) in [7, 11) is -3.82. The van der Waals surface area contributed by atoms with Crippen LogP contribution in [0, 0.1) is 5.92 Å². The molecule has 6 nitrogen and oxygen atoms in total. The Kier molecular flexibility index (Phi) is 3.30. The predicted molar refractivity (Wildman–Crippen MR) is 75.2 cm³/mol. The molecule has 7 heteroatoms. The van der Waals surface area contributed by atoms with Crippen molar-refractivity contribution in [3.63, 3.8) is 0 Å². The van der Waals surface area contributed by atoms with E-state index in [2.05, 4.69) is 4.72 Å². The number of fused-ring (bicyclic) bond motifs is 1. The maximum Gasteiger partial charge on any atom is 0.310 e. The molecule has 0 aliphatic heterocycles. The predicted octanol–water partition coefficient (Wildman–Crippen LogP) is 1.74. The first-order valence-electron chi connectivity index (χ1n) is 6.38. The van der Waals surface area contributed by atoms with E-state index in [9.17, 15) is 13.2 Å². The van der Waals surface area contributed by atoms with Crippen LogP contribution in [0.2, 0.25) is 0 Å². The number of aliphatic carboxylic acids is 1. The smallest absolute Gasteiger partial charge is 0.310 e. The Morgan fingerprint density at radius 1 is 1.29 bits per heavy atom. The van der Waals surface area contributed by atoms with Crippen LogP contribution in [0.3, 0.4) is 0 Å². The van der Waals surface area contributed by atoms with Gasteiger partial charge in [0.25, 0.3) is 10.0 Å². The fourth-order valence-electron chi connectivity index (χ4n) is 2.32. The van der Waals surface area contributed by atoms with Crippen molar-refractivity contribution in [2.24, 2.45) is 5.92 Å². The number of rotatable bonds is 4. The van der Waals surface area contributed by atoms with Crippen molar-refractivity contribution < 1.29 is 22.7 Å². The van der Waals surface area contributed by atoms with Crippen LogP contribution in [0.15, 0.2) is 52.0 Å². The average molecular weight is 307 g/mol. The van der Waals surface area contributed by atoms with Gasteiger partial charge >= 0.3 is 5.97 Å². The van der Waals surface area contributed by atoms with Gasteiger partial charge in [0.2, 0.25) is 5.09 Å². The standard InChI is InChI=1S/C14H13NO5S/c16-14(17)10-5-6-11(7-10)15-21(18,19)13-8-9-3-1-2-4-12(9)20-13/h1-6,8,10-11,15H,7H2,(H,16,17). The number of para-hydroxylation sites is 1. The lowest BCUT2D eigenvalue weighted by Crippen LogP contribution is -2.33. The molecule has 2 unspecified atom stereocenters. The van der Waals surface area contributed by atoms with Gasteiger partial charge in [0.1, 0.15) is 5.58 Å². The number of hydrogen-bond acceptors (Lipinski definition) is 4. The van der Waals surface area contributed by atoms with Crippen LogP contribution in [-0.4, -0.2) is 25.5 Å². The summed E-state index contributed by atoms with van der Waals surface area (Å²) in [5.74, 6) is -1.62. The summed E-state index contributed by atoms with van der Waals surface area (Å²) in [5.41, 5.74) is 0.489. The summed E-state index contributed by atoms with van der Waals surface area (Å²) < 4.78 is 32.3. The van der Waals surface area contributed by atoms with Crippen LogP contribution in [0.4, 0.5) is 0 Å². The van der Waals surface area contributed by atoms with E-state index in [0.717, 1.165) is 0 Å². The van der Waals surface area contributed by atoms with Gasteiger partial charge in [-0.3, -0.25) is 4.79 Å². The minimum Gasteiger partial charge on any atom is -0.481 e. The second-order valence-corrected chi connectivity index (χ2v) is 6.54. The summed E-state index contributed by atoms with van der Waals surface area (Å²) in [6, 6.07) is 7.90. The third-order valence-corrected chi connectivity index (χ3v) is 4.72. The van der Waals surface area contributed by atoms with Crippen LogP contribution in [0.5, 0.6) is 0 Å². The second kappa shape index (κ2) is 5.01. The molecule has 0 saturated carbocycles. The fourth-order valence-corrected chi connectivity index (χ4v) is 3.49. The van der Waals surface area contributed by atoms with Gasteiger partial charge in [-0.05, 0) is 12.5 Å². The molecular formula is C14H13NO5S. The van der Waals surface area contributed by atoms with E-state index < -0.39 is 28.0 Å². The first kappa shape index (κ1) is 13.8. The summed E-state index contributed by atoms with van der Waals surface area (Å²) in [4.78, 5) is 10.9. The molecule has 0 spiro atoms. The third kappa shape index (κ3) is 2.70. The van der Waals surface area contributed by atoms with Gasteiger partial charge in [0.05, 0.1) is 5.92 Å². The van der Waals surface area contributed by atoms with Crippen molar-refractivity contribution in [3.8, 4) is 0 Å². The maximum atomic E-state index is 12.2. The Morgan fingerprint density at radius 3 is 2.71 bits per heavy atom. The Morgan fingerprint density at radius 2 is 2.05 bits per heavy atom. The summed E-state index contributed by atoms with van der Waals surface area (Å²) >= 11 is 0. The molecule has 1 aliphatic rings. The zero-order valence-corrected chi connectivity index (χ0v) is 11.7. The first-order valence-corrected chi connectivity index (χ1v) is 7.86. The number of sulfonamides is 1. The van der Waals surface area contributed by atoms with Gasteiger partial charge in [0, 0.05) is 17.5 Å². The lowest BCUT2D eigenvalue weighted by molar-refractivity contribution is -0.140. The van der Waals surface area contributed by atoms with E-state index in [0.29, 0.717) is 11.0 Å². The van der Waals surface area contributed by atoms with Gasteiger partial charge in [-0.25, -0.2) is 13.1 Å². The molecule has 1 aromatic heterocycles. The number of nitrogens with one attached hydrogen (secondary N) is 1. The molecule has 3 rings (SSSR count). The van der Waals surface area contributed by atoms with E-state index in [4.69, 9.17) is 9.52 Å². The van der Waals surface area contributed by atoms with Crippen molar-refractivity contribution in [1.29, 1.82) is 0 Å². The number of benzene rings is 1. The molecule has 110 valence electrons. The van der Waals surface area contributed by atoms with Crippen LogP contribution in [0.25, 0.3) is 11.0 Å². The van der Waals surface area contributed by atoms with Crippen LogP contribution in [-0.2, 0) is 14.8 Å². The molecule has 21 heavy (non-hydrogen) atoms. The average Bonchev–Trinajstić information content (AvgIpc) is 3.04. The van der Waals surface area contributed by atoms with Gasteiger partial charge in [-0.2, -0.15) is 0 Å². The molecule has 0 fully saturated rings. The Balaban J connectivity index is 1.81. The molecule has 0 saturated heterocycles. The quantitative estimate of drug-likeness (QED) is 0.839. The van der Waals surface area contributed by atoms with Gasteiger partial charge in [-0.1, -0.05) is 30.4 Å². The zero-order chi connectivity index (χ0) is 15.0. The van der Waals surface area contributed by atoms with Gasteiger partial charge < -0.3 is 9.52 Å². The number of carbonyl (C=O) groups is 1. The van der Waals surface area contributed by atoms with Crippen molar-refractivity contribution >= 4 is 27.0 Å². The maximum absolute atomic E-state index is 12.2. The normalized spacial score (nSPS) is 21.9. The summed E-state index contributed by atoms with van der Waals surface area (Å²) in [5, 5.41) is 9.42. The molecule has 0 radical (unpaired) electrons. The van der Waals surface area contributed by atoms with Crippen molar-refractivity contribution in [2.45, 2.75) is 17.6 Å². The van der Waals surface area contributed by atoms with E-state index >= 15 is 0 Å². The largest absolute Gasteiger partial charge is 0.481 e.